The lowest BCUT2D eigenvalue weighted by atomic mass is 10.2. The van der Waals surface area contributed by atoms with Gasteiger partial charge < -0.3 is 14.5 Å². The largest absolute Gasteiger partial charge is 0.483 e. The number of hydrogen-bond donors (Lipinski definition) is 0. The van der Waals surface area contributed by atoms with Crippen molar-refractivity contribution in [2.75, 3.05) is 37.7 Å². The van der Waals surface area contributed by atoms with Gasteiger partial charge in [0.2, 0.25) is 0 Å². The van der Waals surface area contributed by atoms with Gasteiger partial charge in [-0.3, -0.25) is 14.9 Å². The summed E-state index contributed by atoms with van der Waals surface area (Å²) in [5.74, 6) is 0.526. The normalized spacial score (nSPS) is 14.1. The van der Waals surface area contributed by atoms with Crippen molar-refractivity contribution in [3.8, 4) is 5.75 Å². The number of aryl methyl sites for hydroxylation is 1. The molecule has 2 aromatic carbocycles. The molecular weight excluding hydrogens is 370 g/mol. The van der Waals surface area contributed by atoms with Gasteiger partial charge in [0.1, 0.15) is 11.4 Å². The zero-order chi connectivity index (χ0) is 19.4. The van der Waals surface area contributed by atoms with E-state index in [0.29, 0.717) is 42.6 Å². The Hall–Kier alpha value is -2.80. The van der Waals surface area contributed by atoms with Crippen molar-refractivity contribution in [1.29, 1.82) is 0 Å². The smallest absolute Gasteiger partial charge is 0.292 e. The third-order valence-corrected chi connectivity index (χ3v) is 4.77. The molecular formula is C19H20ClN3O4. The molecule has 0 aliphatic carbocycles. The molecule has 3 rings (SSSR count). The molecule has 0 spiro atoms. The van der Waals surface area contributed by atoms with Crippen molar-refractivity contribution in [3.05, 3.63) is 63.2 Å². The molecule has 0 bridgehead atoms. The quantitative estimate of drug-likeness (QED) is 0.579. The molecule has 2 aromatic rings. The average molecular weight is 390 g/mol. The standard InChI is InChI=1S/C19H20ClN3O4/c1-14-12-15(20)6-7-18(14)27-13-19(24)22-10-8-21(9-11-22)16-4-2-3-5-17(16)23(25)26/h2-7,12H,8-11,13H2,1H3. The Kier molecular flexibility index (Phi) is 5.81. The van der Waals surface area contributed by atoms with E-state index in [2.05, 4.69) is 0 Å². The maximum Gasteiger partial charge on any atom is 0.292 e. The molecule has 27 heavy (non-hydrogen) atoms. The first-order valence-corrected chi connectivity index (χ1v) is 8.98. The molecule has 0 atom stereocenters. The predicted molar refractivity (Wildman–Crippen MR) is 104 cm³/mol. The summed E-state index contributed by atoms with van der Waals surface area (Å²) in [6.45, 7) is 3.89. The Balaban J connectivity index is 1.56. The summed E-state index contributed by atoms with van der Waals surface area (Å²) >= 11 is 5.92. The summed E-state index contributed by atoms with van der Waals surface area (Å²) in [5, 5.41) is 11.8. The number of halogens is 1. The zero-order valence-electron chi connectivity index (χ0n) is 14.9. The van der Waals surface area contributed by atoms with Crippen molar-refractivity contribution in [1.82, 2.24) is 4.90 Å². The molecule has 0 unspecified atom stereocenters. The fourth-order valence-corrected chi connectivity index (χ4v) is 3.31. The minimum absolute atomic E-state index is 0.0477. The highest BCUT2D eigenvalue weighted by Crippen LogP contribution is 2.28. The molecule has 0 radical (unpaired) electrons. The number of piperazine rings is 1. The summed E-state index contributed by atoms with van der Waals surface area (Å²) in [5.41, 5.74) is 1.54. The lowest BCUT2D eigenvalue weighted by Gasteiger charge is -2.35. The van der Waals surface area contributed by atoms with Crippen LogP contribution in [0.5, 0.6) is 5.75 Å². The van der Waals surface area contributed by atoms with Gasteiger partial charge in [-0.1, -0.05) is 23.7 Å². The van der Waals surface area contributed by atoms with Gasteiger partial charge in [-0.2, -0.15) is 0 Å². The van der Waals surface area contributed by atoms with E-state index < -0.39 is 0 Å². The van der Waals surface area contributed by atoms with Crippen molar-refractivity contribution in [2.24, 2.45) is 0 Å². The second-order valence-corrected chi connectivity index (χ2v) is 6.75. The maximum atomic E-state index is 12.4. The molecule has 0 N–H and O–H groups in total. The van der Waals surface area contributed by atoms with E-state index in [-0.39, 0.29) is 23.1 Å². The van der Waals surface area contributed by atoms with E-state index >= 15 is 0 Å². The van der Waals surface area contributed by atoms with Crippen LogP contribution < -0.4 is 9.64 Å². The Morgan fingerprint density at radius 3 is 2.56 bits per heavy atom. The number of carbonyl (C=O) groups is 1. The van der Waals surface area contributed by atoms with E-state index in [1.54, 1.807) is 41.3 Å². The van der Waals surface area contributed by atoms with Crippen LogP contribution in [0.4, 0.5) is 11.4 Å². The lowest BCUT2D eigenvalue weighted by Crippen LogP contribution is -2.50. The number of nitrogens with zero attached hydrogens (tertiary/aromatic N) is 3. The van der Waals surface area contributed by atoms with Gasteiger partial charge in [0.25, 0.3) is 11.6 Å². The second kappa shape index (κ2) is 8.26. The van der Waals surface area contributed by atoms with Crippen LogP contribution in [0, 0.1) is 17.0 Å². The zero-order valence-corrected chi connectivity index (χ0v) is 15.7. The monoisotopic (exact) mass is 389 g/mol. The number of nitro groups is 1. The summed E-state index contributed by atoms with van der Waals surface area (Å²) in [6, 6.07) is 11.9. The molecule has 1 aliphatic rings. The van der Waals surface area contributed by atoms with E-state index in [1.165, 1.54) is 6.07 Å². The fraction of sp³-hybridized carbons (Fsp3) is 0.316. The fourth-order valence-electron chi connectivity index (χ4n) is 3.09. The highest BCUT2D eigenvalue weighted by atomic mass is 35.5. The van der Waals surface area contributed by atoms with Crippen LogP contribution in [0.25, 0.3) is 0 Å². The number of para-hydroxylation sites is 2. The van der Waals surface area contributed by atoms with Crippen molar-refractivity contribution < 1.29 is 14.5 Å². The van der Waals surface area contributed by atoms with Crippen LogP contribution in [0.2, 0.25) is 5.02 Å². The molecule has 0 aromatic heterocycles. The van der Waals surface area contributed by atoms with Gasteiger partial charge in [0.05, 0.1) is 4.92 Å². The van der Waals surface area contributed by atoms with E-state index in [4.69, 9.17) is 16.3 Å². The Morgan fingerprint density at radius 1 is 1.19 bits per heavy atom. The number of carbonyl (C=O) groups excluding carboxylic acids is 1. The predicted octanol–water partition coefficient (Wildman–Crippen LogP) is 3.28. The Morgan fingerprint density at radius 2 is 1.89 bits per heavy atom. The van der Waals surface area contributed by atoms with Crippen LogP contribution in [0.3, 0.4) is 0 Å². The third kappa shape index (κ3) is 4.49. The molecule has 1 saturated heterocycles. The number of anilines is 1. The summed E-state index contributed by atoms with van der Waals surface area (Å²) in [6.07, 6.45) is 0. The second-order valence-electron chi connectivity index (χ2n) is 6.31. The molecule has 0 saturated carbocycles. The molecule has 1 heterocycles. The minimum Gasteiger partial charge on any atom is -0.483 e. The van der Waals surface area contributed by atoms with Gasteiger partial charge in [-0.05, 0) is 36.8 Å². The molecule has 1 amide bonds. The van der Waals surface area contributed by atoms with Gasteiger partial charge in [-0.25, -0.2) is 0 Å². The number of hydrogen-bond acceptors (Lipinski definition) is 5. The lowest BCUT2D eigenvalue weighted by molar-refractivity contribution is -0.384. The number of nitro benzene ring substituents is 1. The van der Waals surface area contributed by atoms with E-state index in [9.17, 15) is 14.9 Å². The highest BCUT2D eigenvalue weighted by molar-refractivity contribution is 6.30. The molecule has 1 aliphatic heterocycles. The van der Waals surface area contributed by atoms with Crippen LogP contribution >= 0.6 is 11.6 Å². The van der Waals surface area contributed by atoms with Crippen LogP contribution in [0.1, 0.15) is 5.56 Å². The van der Waals surface area contributed by atoms with Crippen LogP contribution in [-0.2, 0) is 4.79 Å². The third-order valence-electron chi connectivity index (χ3n) is 4.54. The van der Waals surface area contributed by atoms with Crippen LogP contribution in [-0.4, -0.2) is 48.5 Å². The molecule has 8 heteroatoms. The van der Waals surface area contributed by atoms with Crippen molar-refractivity contribution in [2.45, 2.75) is 6.92 Å². The summed E-state index contributed by atoms with van der Waals surface area (Å²) in [4.78, 5) is 26.9. The van der Waals surface area contributed by atoms with E-state index in [0.717, 1.165) is 5.56 Å². The molecule has 7 nitrogen and oxygen atoms in total. The minimum atomic E-state index is -0.380. The Bertz CT molecular complexity index is 851. The van der Waals surface area contributed by atoms with Gasteiger partial charge >= 0.3 is 0 Å². The molecule has 1 fully saturated rings. The first kappa shape index (κ1) is 19.0. The van der Waals surface area contributed by atoms with Crippen molar-refractivity contribution in [3.63, 3.8) is 0 Å². The SMILES string of the molecule is Cc1cc(Cl)ccc1OCC(=O)N1CCN(c2ccccc2[N+](=O)[O-])CC1. The summed E-state index contributed by atoms with van der Waals surface area (Å²) < 4.78 is 5.62. The first-order chi connectivity index (χ1) is 13.0. The van der Waals surface area contributed by atoms with Gasteiger partial charge in [0.15, 0.2) is 6.61 Å². The highest BCUT2D eigenvalue weighted by Gasteiger charge is 2.25. The Labute approximate surface area is 162 Å². The van der Waals surface area contributed by atoms with E-state index in [1.807, 2.05) is 11.8 Å². The number of amides is 1. The maximum absolute atomic E-state index is 12.4. The number of benzene rings is 2. The molecule has 142 valence electrons. The number of rotatable bonds is 5. The number of ether oxygens (including phenoxy) is 1. The van der Waals surface area contributed by atoms with Gasteiger partial charge in [-0.15, -0.1) is 0 Å². The topological polar surface area (TPSA) is 75.9 Å². The average Bonchev–Trinajstić information content (AvgIpc) is 2.67. The van der Waals surface area contributed by atoms with Crippen molar-refractivity contribution >= 4 is 28.9 Å². The first-order valence-electron chi connectivity index (χ1n) is 8.61. The summed E-state index contributed by atoms with van der Waals surface area (Å²) in [7, 11) is 0. The van der Waals surface area contributed by atoms with Crippen LogP contribution in [0.15, 0.2) is 42.5 Å². The van der Waals surface area contributed by atoms with Gasteiger partial charge in [0, 0.05) is 37.3 Å².